The predicted molar refractivity (Wildman–Crippen MR) is 52.7 cm³/mol. The molecule has 0 aliphatic heterocycles. The highest BCUT2D eigenvalue weighted by atomic mass is 14.0. The maximum absolute atomic E-state index is 3.74. The second-order valence-corrected chi connectivity index (χ2v) is 2.90. The molecular formula is C11H20. The van der Waals surface area contributed by atoms with E-state index in [1.54, 1.807) is 0 Å². The average molecular weight is 152 g/mol. The fourth-order valence-electron chi connectivity index (χ4n) is 1.15. The van der Waals surface area contributed by atoms with Gasteiger partial charge in [0.1, 0.15) is 0 Å². The minimum atomic E-state index is 1.07. The number of allylic oxidation sites excluding steroid dienone is 3. The van der Waals surface area contributed by atoms with Crippen LogP contribution in [-0.4, -0.2) is 0 Å². The van der Waals surface area contributed by atoms with Crippen LogP contribution in [0.2, 0.25) is 0 Å². The number of unbranched alkanes of at least 4 members (excludes halogenated alkanes) is 2. The van der Waals surface area contributed by atoms with Crippen LogP contribution >= 0.6 is 0 Å². The van der Waals surface area contributed by atoms with Gasteiger partial charge in [-0.1, -0.05) is 37.5 Å². The van der Waals surface area contributed by atoms with Crippen LogP contribution in [-0.2, 0) is 0 Å². The molecule has 0 heterocycles. The van der Waals surface area contributed by atoms with E-state index in [2.05, 4.69) is 26.5 Å². The van der Waals surface area contributed by atoms with Crippen molar-refractivity contribution in [1.29, 1.82) is 0 Å². The van der Waals surface area contributed by atoms with Crippen LogP contribution in [0.15, 0.2) is 24.3 Å². The van der Waals surface area contributed by atoms with Crippen molar-refractivity contribution in [3.05, 3.63) is 24.3 Å². The first kappa shape index (κ1) is 10.5. The molecule has 0 fully saturated rings. The first-order valence-corrected chi connectivity index (χ1v) is 4.60. The Morgan fingerprint density at radius 2 is 2.09 bits per heavy atom. The molecule has 0 aromatic carbocycles. The van der Waals surface area contributed by atoms with Gasteiger partial charge in [0.05, 0.1) is 0 Å². The van der Waals surface area contributed by atoms with Crippen LogP contribution in [0.3, 0.4) is 0 Å². The van der Waals surface area contributed by atoms with Crippen molar-refractivity contribution in [2.45, 2.75) is 46.0 Å². The van der Waals surface area contributed by atoms with Crippen molar-refractivity contribution in [2.75, 3.05) is 0 Å². The third kappa shape index (κ3) is 5.90. The molecule has 0 aliphatic carbocycles. The van der Waals surface area contributed by atoms with E-state index in [9.17, 15) is 0 Å². The lowest BCUT2D eigenvalue weighted by Crippen LogP contribution is -1.81. The molecule has 0 aliphatic rings. The lowest BCUT2D eigenvalue weighted by atomic mass is 10.0. The minimum absolute atomic E-state index is 1.07. The highest BCUT2D eigenvalue weighted by Gasteiger charge is 1.92. The lowest BCUT2D eigenvalue weighted by Gasteiger charge is -2.01. The zero-order valence-electron chi connectivity index (χ0n) is 7.90. The van der Waals surface area contributed by atoms with E-state index < -0.39 is 0 Å². The van der Waals surface area contributed by atoms with Crippen molar-refractivity contribution in [1.82, 2.24) is 0 Å². The summed E-state index contributed by atoms with van der Waals surface area (Å²) in [6.07, 6.45) is 10.5. The van der Waals surface area contributed by atoms with Gasteiger partial charge in [0.15, 0.2) is 0 Å². The van der Waals surface area contributed by atoms with Crippen LogP contribution < -0.4 is 0 Å². The van der Waals surface area contributed by atoms with Gasteiger partial charge < -0.3 is 0 Å². The van der Waals surface area contributed by atoms with Crippen molar-refractivity contribution in [2.24, 2.45) is 0 Å². The highest BCUT2D eigenvalue weighted by Crippen LogP contribution is 2.12. The highest BCUT2D eigenvalue weighted by molar-refractivity contribution is 5.04. The molecule has 0 spiro atoms. The Balaban J connectivity index is 3.45. The Morgan fingerprint density at radius 1 is 1.36 bits per heavy atom. The molecule has 0 aromatic rings. The largest absolute Gasteiger partial charge is 0.103 e. The molecule has 64 valence electrons. The number of hydrogen-bond donors (Lipinski definition) is 0. The molecule has 0 saturated carbocycles. The Morgan fingerprint density at radius 3 is 2.55 bits per heavy atom. The molecule has 0 saturated heterocycles. The summed E-state index contributed by atoms with van der Waals surface area (Å²) in [5.41, 5.74) is 1.54. The first-order valence-electron chi connectivity index (χ1n) is 4.60. The van der Waals surface area contributed by atoms with Crippen molar-refractivity contribution >= 4 is 0 Å². The Bertz CT molecular complexity index is 120. The van der Waals surface area contributed by atoms with Crippen molar-refractivity contribution < 1.29 is 0 Å². The molecule has 0 radical (unpaired) electrons. The van der Waals surface area contributed by atoms with Gasteiger partial charge in [0, 0.05) is 0 Å². The van der Waals surface area contributed by atoms with Gasteiger partial charge >= 0.3 is 0 Å². The van der Waals surface area contributed by atoms with Crippen LogP contribution in [0.5, 0.6) is 0 Å². The summed E-state index contributed by atoms with van der Waals surface area (Å²) in [6, 6.07) is 0. The second-order valence-electron chi connectivity index (χ2n) is 2.90. The molecule has 0 unspecified atom stereocenters. The third-order valence-corrected chi connectivity index (χ3v) is 1.92. The smallest absolute Gasteiger partial charge is 0.0142 e. The third-order valence-electron chi connectivity index (χ3n) is 1.92. The molecule has 0 atom stereocenters. The predicted octanol–water partition coefficient (Wildman–Crippen LogP) is 4.09. The SMILES string of the molecule is C=CCC(=CC)CCCCC. The molecule has 0 bridgehead atoms. The van der Waals surface area contributed by atoms with Gasteiger partial charge in [-0.3, -0.25) is 0 Å². The van der Waals surface area contributed by atoms with Gasteiger partial charge in [0.25, 0.3) is 0 Å². The molecule has 11 heavy (non-hydrogen) atoms. The fourth-order valence-corrected chi connectivity index (χ4v) is 1.15. The fraction of sp³-hybridized carbons (Fsp3) is 0.636. The molecule has 0 rings (SSSR count). The van der Waals surface area contributed by atoms with Gasteiger partial charge in [-0.15, -0.1) is 6.58 Å². The summed E-state index contributed by atoms with van der Waals surface area (Å²) in [6.45, 7) is 8.09. The molecule has 0 N–H and O–H groups in total. The van der Waals surface area contributed by atoms with Crippen LogP contribution in [0.1, 0.15) is 46.0 Å². The zero-order valence-corrected chi connectivity index (χ0v) is 7.90. The van der Waals surface area contributed by atoms with Gasteiger partial charge in [-0.05, 0) is 26.2 Å². The van der Waals surface area contributed by atoms with Gasteiger partial charge in [-0.25, -0.2) is 0 Å². The molecule has 0 heteroatoms. The molecule has 0 aromatic heterocycles. The summed E-state index contributed by atoms with van der Waals surface area (Å²) in [7, 11) is 0. The monoisotopic (exact) mass is 152 g/mol. The van der Waals surface area contributed by atoms with Crippen LogP contribution in [0.25, 0.3) is 0 Å². The maximum atomic E-state index is 3.74. The average Bonchev–Trinajstić information content (AvgIpc) is 2.03. The number of rotatable bonds is 6. The Labute approximate surface area is 71.0 Å². The van der Waals surface area contributed by atoms with Gasteiger partial charge in [-0.2, -0.15) is 0 Å². The van der Waals surface area contributed by atoms with E-state index >= 15 is 0 Å². The van der Waals surface area contributed by atoms with E-state index in [-0.39, 0.29) is 0 Å². The van der Waals surface area contributed by atoms with Crippen LogP contribution in [0, 0.1) is 0 Å². The summed E-state index contributed by atoms with van der Waals surface area (Å²) in [5, 5.41) is 0. The van der Waals surface area contributed by atoms with E-state index in [0.717, 1.165) is 6.42 Å². The molecule has 0 amide bonds. The topological polar surface area (TPSA) is 0 Å². The minimum Gasteiger partial charge on any atom is -0.103 e. The van der Waals surface area contributed by atoms with Crippen LogP contribution in [0.4, 0.5) is 0 Å². The Kier molecular flexibility index (Phi) is 7.23. The zero-order chi connectivity index (χ0) is 8.53. The lowest BCUT2D eigenvalue weighted by molar-refractivity contribution is 0.706. The number of hydrogen-bond acceptors (Lipinski definition) is 0. The first-order chi connectivity index (χ1) is 5.35. The standard InChI is InChI=1S/C11H20/c1-4-7-8-10-11(6-3)9-5-2/h5-6H,2,4,7-10H2,1,3H3. The summed E-state index contributed by atoms with van der Waals surface area (Å²) < 4.78 is 0. The van der Waals surface area contributed by atoms with Crippen molar-refractivity contribution in [3.8, 4) is 0 Å². The van der Waals surface area contributed by atoms with Crippen molar-refractivity contribution in [3.63, 3.8) is 0 Å². The van der Waals surface area contributed by atoms with E-state index in [1.165, 1.54) is 31.3 Å². The normalized spacial score (nSPS) is 11.6. The Hall–Kier alpha value is -0.520. The maximum Gasteiger partial charge on any atom is -0.0142 e. The molecule has 0 nitrogen and oxygen atoms in total. The summed E-state index contributed by atoms with van der Waals surface area (Å²) >= 11 is 0. The quantitative estimate of drug-likeness (QED) is 0.397. The van der Waals surface area contributed by atoms with Gasteiger partial charge in [0.2, 0.25) is 0 Å². The second kappa shape index (κ2) is 7.59. The van der Waals surface area contributed by atoms with E-state index in [1.807, 2.05) is 6.08 Å². The summed E-state index contributed by atoms with van der Waals surface area (Å²) in [5.74, 6) is 0. The summed E-state index contributed by atoms with van der Waals surface area (Å²) in [4.78, 5) is 0. The molecular weight excluding hydrogens is 132 g/mol. The van der Waals surface area contributed by atoms with E-state index in [0.29, 0.717) is 0 Å². The van der Waals surface area contributed by atoms with E-state index in [4.69, 9.17) is 0 Å².